The van der Waals surface area contributed by atoms with E-state index in [0.29, 0.717) is 0 Å². The maximum Gasteiger partial charge on any atom is 0.0462 e. The third-order valence-corrected chi connectivity index (χ3v) is 8.66. The quantitative estimate of drug-likeness (QED) is 0.194. The van der Waals surface area contributed by atoms with Gasteiger partial charge in [0.1, 0.15) is 0 Å². The Bertz CT molecular complexity index is 1630. The molecule has 1 heteroatoms. The summed E-state index contributed by atoms with van der Waals surface area (Å²) < 4.78 is 0. The summed E-state index contributed by atoms with van der Waals surface area (Å²) >= 11 is 0. The summed E-state index contributed by atoms with van der Waals surface area (Å²) in [7, 11) is 0. The molecule has 6 aromatic rings. The van der Waals surface area contributed by atoms with E-state index in [-0.39, 0.29) is 0 Å². The molecule has 0 radical (unpaired) electrons. The fraction of sp³-hybridized carbons (Fsp3) is 0.122. The second-order valence-corrected chi connectivity index (χ2v) is 11.3. The average molecular weight is 542 g/mol. The molecular weight excluding hydrogens is 506 g/mol. The summed E-state index contributed by atoms with van der Waals surface area (Å²) in [6.07, 6.45) is 5.41. The maximum atomic E-state index is 2.34. The van der Waals surface area contributed by atoms with Crippen molar-refractivity contribution >= 4 is 17.1 Å². The van der Waals surface area contributed by atoms with Crippen molar-refractivity contribution in [3.8, 4) is 33.4 Å². The predicted molar refractivity (Wildman–Crippen MR) is 179 cm³/mol. The number of anilines is 3. The van der Waals surface area contributed by atoms with E-state index in [1.54, 1.807) is 0 Å². The molecule has 1 saturated carbocycles. The Balaban J connectivity index is 1.21. The summed E-state index contributed by atoms with van der Waals surface area (Å²) in [5, 5.41) is 0. The van der Waals surface area contributed by atoms with Gasteiger partial charge in [-0.05, 0) is 94.1 Å². The Morgan fingerprint density at radius 2 is 0.643 bits per heavy atom. The minimum absolute atomic E-state index is 0.747. The molecular formula is C41H35N. The van der Waals surface area contributed by atoms with Gasteiger partial charge in [0.05, 0.1) is 0 Å². The van der Waals surface area contributed by atoms with Gasteiger partial charge in [-0.15, -0.1) is 0 Å². The van der Waals surface area contributed by atoms with Crippen LogP contribution in [-0.4, -0.2) is 0 Å². The zero-order valence-corrected chi connectivity index (χ0v) is 23.9. The van der Waals surface area contributed by atoms with Crippen LogP contribution in [-0.2, 0) is 0 Å². The van der Waals surface area contributed by atoms with Crippen LogP contribution < -0.4 is 4.90 Å². The van der Waals surface area contributed by atoms with E-state index in [2.05, 4.69) is 163 Å². The Hall–Kier alpha value is -4.88. The molecule has 0 bridgehead atoms. The molecule has 0 spiro atoms. The van der Waals surface area contributed by atoms with Crippen molar-refractivity contribution in [2.24, 2.45) is 0 Å². The average Bonchev–Trinajstić information content (AvgIpc) is 3.62. The molecule has 1 aliphatic rings. The molecule has 0 aromatic heterocycles. The Kier molecular flexibility index (Phi) is 7.40. The molecule has 42 heavy (non-hydrogen) atoms. The van der Waals surface area contributed by atoms with Gasteiger partial charge in [0.25, 0.3) is 0 Å². The molecule has 6 aromatic carbocycles. The zero-order valence-electron chi connectivity index (χ0n) is 23.9. The lowest BCUT2D eigenvalue weighted by molar-refractivity contribution is 0.723. The summed E-state index contributed by atoms with van der Waals surface area (Å²) in [6, 6.07) is 57.2. The minimum atomic E-state index is 0.747. The smallest absolute Gasteiger partial charge is 0.0462 e. The standard InChI is InChI=1S/C41H35N/c1-3-9-31(10-4-1)36-19-25-39(26-20-36)42(40-27-21-37(22-28-40)32-11-5-2-6-12-32)41-29-23-38(24-30-41)35-17-15-34(16-18-35)33-13-7-8-14-33/h1-6,9-12,15-30,33H,7-8,13-14H2. The highest BCUT2D eigenvalue weighted by Gasteiger charge is 2.17. The second-order valence-electron chi connectivity index (χ2n) is 11.3. The van der Waals surface area contributed by atoms with E-state index in [1.807, 2.05) is 0 Å². The first-order chi connectivity index (χ1) is 20.8. The largest absolute Gasteiger partial charge is 0.311 e. The minimum Gasteiger partial charge on any atom is -0.311 e. The lowest BCUT2D eigenvalue weighted by Gasteiger charge is -2.26. The summed E-state index contributed by atoms with van der Waals surface area (Å²) in [5.41, 5.74) is 12.3. The van der Waals surface area contributed by atoms with Crippen LogP contribution in [0, 0.1) is 0 Å². The molecule has 0 N–H and O–H groups in total. The second kappa shape index (κ2) is 11.9. The topological polar surface area (TPSA) is 3.24 Å². The van der Waals surface area contributed by atoms with Gasteiger partial charge in [0, 0.05) is 17.1 Å². The van der Waals surface area contributed by atoms with Crippen LogP contribution in [0.15, 0.2) is 158 Å². The van der Waals surface area contributed by atoms with E-state index in [1.165, 1.54) is 64.6 Å². The van der Waals surface area contributed by atoms with E-state index in [9.17, 15) is 0 Å². The van der Waals surface area contributed by atoms with Crippen LogP contribution in [0.2, 0.25) is 0 Å². The maximum absolute atomic E-state index is 2.34. The van der Waals surface area contributed by atoms with E-state index in [0.717, 1.165) is 23.0 Å². The van der Waals surface area contributed by atoms with Gasteiger partial charge in [0.15, 0.2) is 0 Å². The van der Waals surface area contributed by atoms with Gasteiger partial charge in [-0.25, -0.2) is 0 Å². The first-order valence-electron chi connectivity index (χ1n) is 15.1. The van der Waals surface area contributed by atoms with Crippen molar-refractivity contribution < 1.29 is 0 Å². The molecule has 0 aliphatic heterocycles. The summed E-state index contributed by atoms with van der Waals surface area (Å²) in [5.74, 6) is 0.747. The number of hydrogen-bond acceptors (Lipinski definition) is 1. The molecule has 1 aliphatic carbocycles. The van der Waals surface area contributed by atoms with Crippen molar-refractivity contribution in [2.45, 2.75) is 31.6 Å². The molecule has 0 amide bonds. The summed E-state index contributed by atoms with van der Waals surface area (Å²) in [6.45, 7) is 0. The van der Waals surface area contributed by atoms with Crippen LogP contribution in [0.4, 0.5) is 17.1 Å². The van der Waals surface area contributed by atoms with Gasteiger partial charge >= 0.3 is 0 Å². The van der Waals surface area contributed by atoms with Crippen LogP contribution in [0.25, 0.3) is 33.4 Å². The molecule has 7 rings (SSSR count). The molecule has 204 valence electrons. The Morgan fingerprint density at radius 3 is 1.00 bits per heavy atom. The molecule has 1 nitrogen and oxygen atoms in total. The van der Waals surface area contributed by atoms with Crippen LogP contribution in [0.5, 0.6) is 0 Å². The van der Waals surface area contributed by atoms with E-state index >= 15 is 0 Å². The SMILES string of the molecule is c1ccc(-c2ccc(N(c3ccc(-c4ccccc4)cc3)c3ccc(-c4ccc(C5CCCC5)cc4)cc3)cc2)cc1. The highest BCUT2D eigenvalue weighted by molar-refractivity contribution is 5.81. The van der Waals surface area contributed by atoms with Crippen molar-refractivity contribution in [1.82, 2.24) is 0 Å². The highest BCUT2D eigenvalue weighted by atomic mass is 15.1. The Labute approximate surface area is 249 Å². The van der Waals surface area contributed by atoms with E-state index < -0.39 is 0 Å². The number of hydrogen-bond donors (Lipinski definition) is 0. The molecule has 0 atom stereocenters. The van der Waals surface area contributed by atoms with Gasteiger partial charge in [-0.2, -0.15) is 0 Å². The van der Waals surface area contributed by atoms with Crippen LogP contribution in [0.3, 0.4) is 0 Å². The van der Waals surface area contributed by atoms with Gasteiger partial charge < -0.3 is 4.90 Å². The zero-order chi connectivity index (χ0) is 28.1. The number of nitrogens with zero attached hydrogens (tertiary/aromatic N) is 1. The van der Waals surface area contributed by atoms with Gasteiger partial charge in [0.2, 0.25) is 0 Å². The van der Waals surface area contributed by atoms with Gasteiger partial charge in [-0.1, -0.05) is 134 Å². The third-order valence-electron chi connectivity index (χ3n) is 8.66. The van der Waals surface area contributed by atoms with Crippen LogP contribution in [0.1, 0.15) is 37.2 Å². The molecule has 1 fully saturated rings. The van der Waals surface area contributed by atoms with Crippen LogP contribution >= 0.6 is 0 Å². The van der Waals surface area contributed by atoms with Crippen molar-refractivity contribution in [1.29, 1.82) is 0 Å². The normalized spacial score (nSPS) is 13.2. The lowest BCUT2D eigenvalue weighted by Crippen LogP contribution is -2.09. The molecule has 0 unspecified atom stereocenters. The van der Waals surface area contributed by atoms with Gasteiger partial charge in [-0.3, -0.25) is 0 Å². The highest BCUT2D eigenvalue weighted by Crippen LogP contribution is 2.38. The van der Waals surface area contributed by atoms with Crippen molar-refractivity contribution in [3.63, 3.8) is 0 Å². The Morgan fingerprint density at radius 1 is 0.333 bits per heavy atom. The fourth-order valence-corrected chi connectivity index (χ4v) is 6.32. The first-order valence-corrected chi connectivity index (χ1v) is 15.1. The fourth-order valence-electron chi connectivity index (χ4n) is 6.32. The number of benzene rings is 6. The first kappa shape index (κ1) is 26.0. The molecule has 0 heterocycles. The van der Waals surface area contributed by atoms with Crippen molar-refractivity contribution in [2.75, 3.05) is 4.90 Å². The predicted octanol–water partition coefficient (Wildman–Crippen LogP) is 11.8. The van der Waals surface area contributed by atoms with Crippen molar-refractivity contribution in [3.05, 3.63) is 163 Å². The molecule has 0 saturated heterocycles. The third kappa shape index (κ3) is 5.51. The van der Waals surface area contributed by atoms with E-state index in [4.69, 9.17) is 0 Å². The monoisotopic (exact) mass is 541 g/mol. The summed E-state index contributed by atoms with van der Waals surface area (Å²) in [4.78, 5) is 2.34. The number of rotatable bonds is 7. The lowest BCUT2D eigenvalue weighted by atomic mass is 9.95.